The normalized spacial score (nSPS) is 15.3. The minimum atomic E-state index is -4.60. The lowest BCUT2D eigenvalue weighted by atomic mass is 9.65. The highest BCUT2D eigenvalue weighted by Crippen LogP contribution is 2.64. The number of aromatic nitrogens is 1. The Labute approximate surface area is 390 Å². The average molecular weight is 903 g/mol. The van der Waals surface area contributed by atoms with Crippen LogP contribution in [0.2, 0.25) is 19.6 Å². The maximum Gasteiger partial charge on any atom is 0.420 e. The molecule has 12 aromatic rings. The van der Waals surface area contributed by atoms with Crippen LogP contribution in [0.1, 0.15) is 27.8 Å². The number of benzene rings is 10. The molecule has 14 rings (SSSR count). The number of hydrogen-bond acceptors (Lipinski definition) is 2. The molecular formula is C61H41F3N2OSi. The van der Waals surface area contributed by atoms with E-state index in [0.717, 1.165) is 50.4 Å². The fraction of sp³-hybridized carbons (Fsp3) is 0.0820. The van der Waals surface area contributed by atoms with E-state index in [9.17, 15) is 13.2 Å². The molecule has 3 heterocycles. The standard InChI is InChI=1S/C61H41F3N2OSi/c1-68(2,3)38-32-30-37(31-33-38)65(53-28-14-22-45-44-21-13-25-49(61(62,63)64)58(44)67-59(45)53)54-35-50-56(42-19-7-6-17-40(42)54)55-39-16-5-4-15-36(39)29-34-47(55)60(50)46-23-9-11-27-52(46)66-51-26-10-8-18-41(51)43-20-12-24-48(60)57(43)66/h4-35H,1-3H3. The monoisotopic (exact) mass is 902 g/mol. The summed E-state index contributed by atoms with van der Waals surface area (Å²) in [6, 6.07) is 67.7. The van der Waals surface area contributed by atoms with Crippen LogP contribution in [0.5, 0.6) is 0 Å². The molecule has 7 heteroatoms. The van der Waals surface area contributed by atoms with Gasteiger partial charge >= 0.3 is 6.18 Å². The highest BCUT2D eigenvalue weighted by Gasteiger charge is 2.52. The van der Waals surface area contributed by atoms with Crippen molar-refractivity contribution in [3.63, 3.8) is 0 Å². The van der Waals surface area contributed by atoms with Gasteiger partial charge in [-0.1, -0.05) is 176 Å². The lowest BCUT2D eigenvalue weighted by Crippen LogP contribution is -2.37. The van der Waals surface area contributed by atoms with Crippen molar-refractivity contribution in [1.29, 1.82) is 0 Å². The molecule has 0 radical (unpaired) electrons. The van der Waals surface area contributed by atoms with Crippen molar-refractivity contribution in [2.75, 3.05) is 4.90 Å². The number of alkyl halides is 3. The summed E-state index contributed by atoms with van der Waals surface area (Å²) in [6.45, 7) is 7.01. The van der Waals surface area contributed by atoms with Crippen LogP contribution in [0.3, 0.4) is 0 Å². The Bertz CT molecular complexity index is 4140. The number of nitrogens with zero attached hydrogens (tertiary/aromatic N) is 2. The van der Waals surface area contributed by atoms with Crippen LogP contribution in [0.25, 0.3) is 82.1 Å². The maximum absolute atomic E-state index is 14.7. The van der Waals surface area contributed by atoms with Crippen LogP contribution in [-0.4, -0.2) is 12.6 Å². The number of hydrogen-bond donors (Lipinski definition) is 0. The van der Waals surface area contributed by atoms with Crippen LogP contribution >= 0.6 is 0 Å². The Balaban J connectivity index is 1.17. The summed E-state index contributed by atoms with van der Waals surface area (Å²) in [5, 5.41) is 9.20. The van der Waals surface area contributed by atoms with E-state index in [4.69, 9.17) is 4.42 Å². The zero-order chi connectivity index (χ0) is 45.8. The molecule has 2 aliphatic rings. The number of rotatable bonds is 4. The Morgan fingerprint density at radius 2 is 1.10 bits per heavy atom. The molecule has 1 spiro atoms. The summed E-state index contributed by atoms with van der Waals surface area (Å²) in [5.74, 6) is 0. The minimum absolute atomic E-state index is 0.168. The van der Waals surface area contributed by atoms with Crippen molar-refractivity contribution in [2.24, 2.45) is 0 Å². The van der Waals surface area contributed by atoms with Gasteiger partial charge in [0.25, 0.3) is 0 Å². The fourth-order valence-corrected chi connectivity index (χ4v) is 13.3. The van der Waals surface area contributed by atoms with Gasteiger partial charge in [-0.05, 0) is 92.0 Å². The number of fused-ring (bicyclic) bond motifs is 19. The van der Waals surface area contributed by atoms with Crippen LogP contribution in [-0.2, 0) is 11.6 Å². The van der Waals surface area contributed by atoms with E-state index in [-0.39, 0.29) is 5.58 Å². The third kappa shape index (κ3) is 5.09. The SMILES string of the molecule is C[Si](C)(C)c1ccc(N(c2cc3c(c4ccccc24)-c2c(ccc4ccccc24)C32c3ccccc3-n3c4ccccc4c4cccc2c43)c2cccc3c2oc2c(C(F)(F)F)cccc23)cc1. The molecule has 1 unspecified atom stereocenters. The second-order valence-corrected chi connectivity index (χ2v) is 24.5. The van der Waals surface area contributed by atoms with E-state index in [1.807, 2.05) is 18.2 Å². The van der Waals surface area contributed by atoms with Crippen LogP contribution in [0.4, 0.5) is 30.2 Å². The van der Waals surface area contributed by atoms with Gasteiger partial charge in [-0.2, -0.15) is 13.2 Å². The Kier molecular flexibility index (Phi) is 7.87. The fourth-order valence-electron chi connectivity index (χ4n) is 12.1. The van der Waals surface area contributed by atoms with Gasteiger partial charge < -0.3 is 13.9 Å². The molecule has 0 bridgehead atoms. The average Bonchev–Trinajstić information content (AvgIpc) is 4.01. The largest absolute Gasteiger partial charge is 0.453 e. The van der Waals surface area contributed by atoms with E-state index >= 15 is 0 Å². The first-order chi connectivity index (χ1) is 33.0. The van der Waals surface area contributed by atoms with Gasteiger partial charge in [-0.25, -0.2) is 0 Å². The summed E-state index contributed by atoms with van der Waals surface area (Å²) in [5.41, 5.74) is 11.7. The van der Waals surface area contributed by atoms with Crippen LogP contribution < -0.4 is 10.1 Å². The van der Waals surface area contributed by atoms with Gasteiger partial charge in [-0.15, -0.1) is 0 Å². The van der Waals surface area contributed by atoms with E-state index in [1.54, 1.807) is 6.07 Å². The molecule has 326 valence electrons. The molecule has 0 amide bonds. The van der Waals surface area contributed by atoms with E-state index in [2.05, 4.69) is 187 Å². The maximum atomic E-state index is 14.7. The van der Waals surface area contributed by atoms with Crippen molar-refractivity contribution in [1.82, 2.24) is 4.57 Å². The second kappa shape index (κ2) is 13.6. The quantitative estimate of drug-likeness (QED) is 0.164. The zero-order valence-corrected chi connectivity index (χ0v) is 38.4. The number of anilines is 3. The molecule has 0 N–H and O–H groups in total. The van der Waals surface area contributed by atoms with Gasteiger partial charge in [0, 0.05) is 32.6 Å². The molecule has 10 aromatic carbocycles. The van der Waals surface area contributed by atoms with Crippen molar-refractivity contribution in [3.8, 4) is 16.8 Å². The third-order valence-electron chi connectivity index (χ3n) is 14.9. The van der Waals surface area contributed by atoms with Crippen LogP contribution in [0.15, 0.2) is 199 Å². The minimum Gasteiger partial charge on any atom is -0.453 e. The Hall–Kier alpha value is -7.87. The molecule has 3 nitrogen and oxygen atoms in total. The van der Waals surface area contributed by atoms with Gasteiger partial charge in [0.2, 0.25) is 0 Å². The number of halogens is 3. The number of furan rings is 1. The lowest BCUT2D eigenvalue weighted by Gasteiger charge is -2.40. The first-order valence-electron chi connectivity index (χ1n) is 23.2. The highest BCUT2D eigenvalue weighted by molar-refractivity contribution is 6.88. The summed E-state index contributed by atoms with van der Waals surface area (Å²) in [6.07, 6.45) is -4.60. The third-order valence-corrected chi connectivity index (χ3v) is 17.0. The predicted octanol–water partition coefficient (Wildman–Crippen LogP) is 16.7. The smallest absolute Gasteiger partial charge is 0.420 e. The molecule has 0 fully saturated rings. The molecular weight excluding hydrogens is 862 g/mol. The zero-order valence-electron chi connectivity index (χ0n) is 37.4. The van der Waals surface area contributed by atoms with Crippen molar-refractivity contribution in [3.05, 3.63) is 222 Å². The highest BCUT2D eigenvalue weighted by atomic mass is 28.3. The van der Waals surface area contributed by atoms with Crippen molar-refractivity contribution in [2.45, 2.75) is 31.2 Å². The topological polar surface area (TPSA) is 21.3 Å². The molecule has 0 saturated carbocycles. The summed E-state index contributed by atoms with van der Waals surface area (Å²) >= 11 is 0. The molecule has 2 aromatic heterocycles. The molecule has 1 atom stereocenters. The van der Waals surface area contributed by atoms with E-state index < -0.39 is 25.2 Å². The first kappa shape index (κ1) is 39.3. The van der Waals surface area contributed by atoms with Gasteiger partial charge in [0.15, 0.2) is 5.58 Å². The van der Waals surface area contributed by atoms with Gasteiger partial charge in [0.05, 0.1) is 47.1 Å². The van der Waals surface area contributed by atoms with Crippen molar-refractivity contribution < 1.29 is 17.6 Å². The second-order valence-electron chi connectivity index (χ2n) is 19.5. The number of para-hydroxylation sites is 5. The summed E-state index contributed by atoms with van der Waals surface area (Å²) < 4.78 is 53.2. The van der Waals surface area contributed by atoms with Gasteiger partial charge in [0.1, 0.15) is 5.58 Å². The van der Waals surface area contributed by atoms with Gasteiger partial charge in [-0.3, -0.25) is 0 Å². The molecule has 1 aliphatic heterocycles. The summed E-state index contributed by atoms with van der Waals surface area (Å²) in [4.78, 5) is 2.23. The summed E-state index contributed by atoms with van der Waals surface area (Å²) in [7, 11) is -1.73. The van der Waals surface area contributed by atoms with E-state index in [0.29, 0.717) is 22.0 Å². The lowest BCUT2D eigenvalue weighted by molar-refractivity contribution is -0.136. The van der Waals surface area contributed by atoms with Crippen LogP contribution in [0, 0.1) is 0 Å². The van der Waals surface area contributed by atoms with E-state index in [1.165, 1.54) is 60.7 Å². The molecule has 0 saturated heterocycles. The Morgan fingerprint density at radius 3 is 1.90 bits per heavy atom. The molecule has 68 heavy (non-hydrogen) atoms. The van der Waals surface area contributed by atoms with Crippen molar-refractivity contribution >= 4 is 95.6 Å². The molecule has 1 aliphatic carbocycles. The first-order valence-corrected chi connectivity index (χ1v) is 26.7. The Morgan fingerprint density at radius 1 is 0.485 bits per heavy atom. The predicted molar refractivity (Wildman–Crippen MR) is 277 cm³/mol.